The zero-order valence-corrected chi connectivity index (χ0v) is 9.64. The number of anilines is 1. The summed E-state index contributed by atoms with van der Waals surface area (Å²) in [7, 11) is 3.58. The number of hydrogen-bond acceptors (Lipinski definition) is 4. The Morgan fingerprint density at radius 1 is 1.62 bits per heavy atom. The first kappa shape index (κ1) is 12.4. The summed E-state index contributed by atoms with van der Waals surface area (Å²) in [5.41, 5.74) is 6.53. The average Bonchev–Trinajstić information content (AvgIpc) is 2.29. The first-order chi connectivity index (χ1) is 7.66. The first-order valence-electron chi connectivity index (χ1n) is 5.10. The molecule has 1 heterocycles. The molecule has 5 nitrogen and oxygen atoms in total. The maximum absolute atomic E-state index is 11.2. The van der Waals surface area contributed by atoms with Gasteiger partial charge < -0.3 is 15.4 Å². The number of nitrogens with two attached hydrogens (primary N) is 1. The molecule has 0 saturated carbocycles. The molecule has 1 amide bonds. The quantitative estimate of drug-likeness (QED) is 0.719. The van der Waals surface area contributed by atoms with Crippen LogP contribution in [0, 0.1) is 0 Å². The molecule has 0 spiro atoms. The van der Waals surface area contributed by atoms with Gasteiger partial charge in [-0.2, -0.15) is 0 Å². The molecule has 0 saturated heterocycles. The highest BCUT2D eigenvalue weighted by Crippen LogP contribution is 2.17. The summed E-state index contributed by atoms with van der Waals surface area (Å²) >= 11 is 0. The Balaban J connectivity index is 2.74. The van der Waals surface area contributed by atoms with E-state index in [0.29, 0.717) is 12.2 Å². The highest BCUT2D eigenvalue weighted by Gasteiger charge is 2.11. The van der Waals surface area contributed by atoms with E-state index in [1.165, 1.54) is 6.20 Å². The van der Waals surface area contributed by atoms with Crippen molar-refractivity contribution < 1.29 is 9.53 Å². The van der Waals surface area contributed by atoms with Gasteiger partial charge >= 0.3 is 0 Å². The van der Waals surface area contributed by atoms with Gasteiger partial charge in [0.1, 0.15) is 0 Å². The van der Waals surface area contributed by atoms with Crippen LogP contribution in [0.15, 0.2) is 18.5 Å². The van der Waals surface area contributed by atoms with Gasteiger partial charge in [0.15, 0.2) is 0 Å². The van der Waals surface area contributed by atoms with Gasteiger partial charge in [-0.05, 0) is 12.5 Å². The van der Waals surface area contributed by atoms with Crippen molar-refractivity contribution in [2.24, 2.45) is 5.73 Å². The molecule has 0 aliphatic carbocycles. The van der Waals surface area contributed by atoms with Crippen LogP contribution in [0.5, 0.6) is 0 Å². The molecule has 0 atom stereocenters. The van der Waals surface area contributed by atoms with Crippen molar-refractivity contribution in [3.8, 4) is 0 Å². The van der Waals surface area contributed by atoms with Crippen LogP contribution in [0.25, 0.3) is 0 Å². The minimum absolute atomic E-state index is 0.447. The van der Waals surface area contributed by atoms with Gasteiger partial charge in [0, 0.05) is 39.7 Å². The maximum atomic E-state index is 11.2. The number of aromatic nitrogens is 1. The topological polar surface area (TPSA) is 68.4 Å². The Morgan fingerprint density at radius 3 is 3.00 bits per heavy atom. The predicted octanol–water partition coefficient (Wildman–Crippen LogP) is 0.653. The lowest BCUT2D eigenvalue weighted by Gasteiger charge is -2.20. The van der Waals surface area contributed by atoms with Crippen LogP contribution in [-0.2, 0) is 4.74 Å². The van der Waals surface area contributed by atoms with Crippen molar-refractivity contribution >= 4 is 11.6 Å². The number of carbonyl (C=O) groups excluding carboxylic acids is 1. The van der Waals surface area contributed by atoms with Crippen LogP contribution in [0.2, 0.25) is 0 Å². The highest BCUT2D eigenvalue weighted by atomic mass is 16.5. The minimum Gasteiger partial charge on any atom is -0.385 e. The van der Waals surface area contributed by atoms with Crippen molar-refractivity contribution in [1.29, 1.82) is 0 Å². The lowest BCUT2D eigenvalue weighted by atomic mass is 10.2. The van der Waals surface area contributed by atoms with Crippen molar-refractivity contribution in [2.75, 3.05) is 32.2 Å². The minimum atomic E-state index is -0.457. The van der Waals surface area contributed by atoms with E-state index in [2.05, 4.69) is 4.98 Å². The number of ether oxygens (including phenoxy) is 1. The molecule has 0 fully saturated rings. The van der Waals surface area contributed by atoms with Gasteiger partial charge in [0.2, 0.25) is 0 Å². The molecule has 0 aliphatic heterocycles. The third kappa shape index (κ3) is 3.20. The molecular weight excluding hydrogens is 206 g/mol. The highest BCUT2D eigenvalue weighted by molar-refractivity contribution is 5.98. The normalized spacial score (nSPS) is 10.1. The molecule has 0 radical (unpaired) electrons. The lowest BCUT2D eigenvalue weighted by molar-refractivity contribution is 0.100. The van der Waals surface area contributed by atoms with E-state index in [-0.39, 0.29) is 0 Å². The number of primary amides is 1. The SMILES string of the molecule is COCCCN(C)c1ccncc1C(N)=O. The molecule has 16 heavy (non-hydrogen) atoms. The van der Waals surface area contributed by atoms with E-state index >= 15 is 0 Å². The molecule has 5 heteroatoms. The second-order valence-electron chi connectivity index (χ2n) is 3.52. The zero-order chi connectivity index (χ0) is 12.0. The van der Waals surface area contributed by atoms with Gasteiger partial charge in [0.05, 0.1) is 11.3 Å². The van der Waals surface area contributed by atoms with Gasteiger partial charge in [0.25, 0.3) is 5.91 Å². The molecule has 0 aliphatic rings. The summed E-state index contributed by atoms with van der Waals surface area (Å²) in [6.45, 7) is 1.50. The van der Waals surface area contributed by atoms with Crippen LogP contribution in [-0.4, -0.2) is 38.2 Å². The number of pyridine rings is 1. The summed E-state index contributed by atoms with van der Waals surface area (Å²) in [6, 6.07) is 1.78. The average molecular weight is 223 g/mol. The number of hydrogen-bond donors (Lipinski definition) is 1. The molecule has 1 aromatic rings. The van der Waals surface area contributed by atoms with Gasteiger partial charge in [-0.1, -0.05) is 0 Å². The Labute approximate surface area is 95.2 Å². The molecule has 88 valence electrons. The third-order valence-corrected chi connectivity index (χ3v) is 2.32. The van der Waals surface area contributed by atoms with Gasteiger partial charge in [-0.15, -0.1) is 0 Å². The Bertz CT molecular complexity index is 355. The number of carbonyl (C=O) groups is 1. The summed E-state index contributed by atoms with van der Waals surface area (Å²) in [5.74, 6) is -0.457. The first-order valence-corrected chi connectivity index (χ1v) is 5.10. The summed E-state index contributed by atoms with van der Waals surface area (Å²) in [5, 5.41) is 0. The number of methoxy groups -OCH3 is 1. The number of rotatable bonds is 6. The largest absolute Gasteiger partial charge is 0.385 e. The van der Waals surface area contributed by atoms with Crippen molar-refractivity contribution in [3.05, 3.63) is 24.0 Å². The van der Waals surface area contributed by atoms with Gasteiger partial charge in [-0.3, -0.25) is 9.78 Å². The monoisotopic (exact) mass is 223 g/mol. The summed E-state index contributed by atoms with van der Waals surface area (Å²) in [4.78, 5) is 17.1. The fourth-order valence-corrected chi connectivity index (χ4v) is 1.48. The van der Waals surface area contributed by atoms with Crippen LogP contribution < -0.4 is 10.6 Å². The smallest absolute Gasteiger partial charge is 0.252 e. The molecule has 0 bridgehead atoms. The molecular formula is C11H17N3O2. The second kappa shape index (κ2) is 6.07. The fraction of sp³-hybridized carbons (Fsp3) is 0.455. The van der Waals surface area contributed by atoms with E-state index in [1.807, 2.05) is 11.9 Å². The Kier molecular flexibility index (Phi) is 4.72. The predicted molar refractivity (Wildman–Crippen MR) is 62.5 cm³/mol. The molecule has 0 aromatic carbocycles. The Morgan fingerprint density at radius 2 is 2.38 bits per heavy atom. The van der Waals surface area contributed by atoms with Crippen molar-refractivity contribution in [2.45, 2.75) is 6.42 Å². The number of amides is 1. The standard InChI is InChI=1S/C11H17N3O2/c1-14(6-3-7-16-2)10-4-5-13-8-9(10)11(12)15/h4-5,8H,3,6-7H2,1-2H3,(H2,12,15). The van der Waals surface area contributed by atoms with Crippen molar-refractivity contribution in [3.63, 3.8) is 0 Å². The molecule has 2 N–H and O–H groups in total. The lowest BCUT2D eigenvalue weighted by Crippen LogP contribution is -2.24. The molecule has 1 rings (SSSR count). The van der Waals surface area contributed by atoms with E-state index in [9.17, 15) is 4.79 Å². The van der Waals surface area contributed by atoms with Crippen LogP contribution in [0.1, 0.15) is 16.8 Å². The van der Waals surface area contributed by atoms with Crippen LogP contribution in [0.4, 0.5) is 5.69 Å². The fourth-order valence-electron chi connectivity index (χ4n) is 1.48. The Hall–Kier alpha value is -1.62. The number of nitrogens with zero attached hydrogens (tertiary/aromatic N) is 2. The van der Waals surface area contributed by atoms with Gasteiger partial charge in [-0.25, -0.2) is 0 Å². The van der Waals surface area contributed by atoms with E-state index < -0.39 is 5.91 Å². The van der Waals surface area contributed by atoms with E-state index in [0.717, 1.165) is 18.7 Å². The van der Waals surface area contributed by atoms with E-state index in [4.69, 9.17) is 10.5 Å². The van der Waals surface area contributed by atoms with Crippen LogP contribution >= 0.6 is 0 Å². The van der Waals surface area contributed by atoms with Crippen molar-refractivity contribution in [1.82, 2.24) is 4.98 Å². The third-order valence-electron chi connectivity index (χ3n) is 2.32. The summed E-state index contributed by atoms with van der Waals surface area (Å²) in [6.07, 6.45) is 4.03. The molecule has 1 aromatic heterocycles. The maximum Gasteiger partial charge on any atom is 0.252 e. The molecule has 0 unspecified atom stereocenters. The zero-order valence-electron chi connectivity index (χ0n) is 9.64. The van der Waals surface area contributed by atoms with Crippen LogP contribution in [0.3, 0.4) is 0 Å². The summed E-state index contributed by atoms with van der Waals surface area (Å²) < 4.78 is 4.98. The van der Waals surface area contributed by atoms with E-state index in [1.54, 1.807) is 19.4 Å². The second-order valence-corrected chi connectivity index (χ2v) is 3.52.